The quantitative estimate of drug-likeness (QED) is 0.346. The van der Waals surface area contributed by atoms with E-state index in [0.717, 1.165) is 6.42 Å². The topological polar surface area (TPSA) is 75.3 Å². The Morgan fingerprint density at radius 1 is 1.67 bits per heavy atom. The van der Waals surface area contributed by atoms with Crippen molar-refractivity contribution in [2.45, 2.75) is 24.8 Å². The molecule has 0 heterocycles. The van der Waals surface area contributed by atoms with Gasteiger partial charge in [0.25, 0.3) is 0 Å². The molecule has 9 heavy (non-hydrogen) atoms. The van der Waals surface area contributed by atoms with Crippen molar-refractivity contribution in [2.24, 2.45) is 5.84 Å². The van der Waals surface area contributed by atoms with Crippen LogP contribution < -0.4 is 11.3 Å². The third-order valence-corrected chi connectivity index (χ3v) is 1.89. The standard InChI is InChI=1S/C5H10N2O2/c6-7-5(4(8)9)2-1-3-5/h7H,1-3,6H2,(H,8,9). The van der Waals surface area contributed by atoms with Crippen molar-refractivity contribution in [2.75, 3.05) is 0 Å². The van der Waals surface area contributed by atoms with E-state index in [4.69, 9.17) is 10.9 Å². The number of hydrogen-bond donors (Lipinski definition) is 3. The van der Waals surface area contributed by atoms with Gasteiger partial charge in [-0.25, -0.2) is 5.43 Å². The van der Waals surface area contributed by atoms with Crippen LogP contribution in [0.5, 0.6) is 0 Å². The fourth-order valence-corrected chi connectivity index (χ4v) is 0.950. The summed E-state index contributed by atoms with van der Waals surface area (Å²) >= 11 is 0. The highest BCUT2D eigenvalue weighted by molar-refractivity contribution is 5.79. The van der Waals surface area contributed by atoms with E-state index in [9.17, 15) is 4.79 Å². The van der Waals surface area contributed by atoms with Crippen molar-refractivity contribution in [3.63, 3.8) is 0 Å². The van der Waals surface area contributed by atoms with E-state index < -0.39 is 11.5 Å². The predicted molar refractivity (Wildman–Crippen MR) is 31.5 cm³/mol. The van der Waals surface area contributed by atoms with Gasteiger partial charge in [-0.05, 0) is 19.3 Å². The molecule has 0 aromatic heterocycles. The molecule has 0 bridgehead atoms. The molecule has 0 atom stereocenters. The molecule has 4 N–H and O–H groups in total. The summed E-state index contributed by atoms with van der Waals surface area (Å²) in [5, 5.41) is 8.54. The van der Waals surface area contributed by atoms with Crippen LogP contribution in [-0.4, -0.2) is 16.6 Å². The van der Waals surface area contributed by atoms with Crippen LogP contribution in [0.2, 0.25) is 0 Å². The normalized spacial score (nSPS) is 22.8. The van der Waals surface area contributed by atoms with Crippen molar-refractivity contribution < 1.29 is 9.90 Å². The van der Waals surface area contributed by atoms with Gasteiger partial charge in [-0.15, -0.1) is 0 Å². The number of aliphatic carboxylic acids is 1. The van der Waals surface area contributed by atoms with E-state index in [1.54, 1.807) is 0 Å². The van der Waals surface area contributed by atoms with Gasteiger partial charge >= 0.3 is 5.97 Å². The lowest BCUT2D eigenvalue weighted by atomic mass is 9.77. The van der Waals surface area contributed by atoms with Gasteiger partial charge in [0.15, 0.2) is 0 Å². The van der Waals surface area contributed by atoms with Gasteiger partial charge in [-0.2, -0.15) is 0 Å². The van der Waals surface area contributed by atoms with E-state index in [1.165, 1.54) is 0 Å². The van der Waals surface area contributed by atoms with Crippen LogP contribution in [0.25, 0.3) is 0 Å². The second-order valence-electron chi connectivity index (χ2n) is 2.39. The minimum atomic E-state index is -0.837. The fraction of sp³-hybridized carbons (Fsp3) is 0.800. The molecule has 1 rings (SSSR count). The molecule has 0 amide bonds. The molecule has 0 saturated heterocycles. The third kappa shape index (κ3) is 0.799. The van der Waals surface area contributed by atoms with Crippen molar-refractivity contribution in [3.05, 3.63) is 0 Å². The zero-order chi connectivity index (χ0) is 6.91. The first-order valence-electron chi connectivity index (χ1n) is 2.92. The number of nitrogens with two attached hydrogens (primary N) is 1. The first-order valence-corrected chi connectivity index (χ1v) is 2.92. The molecular weight excluding hydrogens is 120 g/mol. The number of nitrogens with one attached hydrogen (secondary N) is 1. The van der Waals surface area contributed by atoms with Crippen molar-refractivity contribution >= 4 is 5.97 Å². The van der Waals surface area contributed by atoms with Gasteiger partial charge in [-0.3, -0.25) is 10.6 Å². The van der Waals surface area contributed by atoms with E-state index in [2.05, 4.69) is 5.43 Å². The van der Waals surface area contributed by atoms with Gasteiger partial charge in [-0.1, -0.05) is 0 Å². The summed E-state index contributed by atoms with van der Waals surface area (Å²) in [5.74, 6) is 4.20. The molecule has 0 aromatic rings. The van der Waals surface area contributed by atoms with Crippen molar-refractivity contribution in [3.8, 4) is 0 Å². The largest absolute Gasteiger partial charge is 0.480 e. The summed E-state index contributed by atoms with van der Waals surface area (Å²) in [7, 11) is 0. The summed E-state index contributed by atoms with van der Waals surface area (Å²) in [6.45, 7) is 0. The molecule has 4 heteroatoms. The van der Waals surface area contributed by atoms with E-state index in [-0.39, 0.29) is 0 Å². The Hall–Kier alpha value is -0.610. The van der Waals surface area contributed by atoms with Gasteiger partial charge < -0.3 is 5.11 Å². The first kappa shape index (κ1) is 6.51. The summed E-state index contributed by atoms with van der Waals surface area (Å²) in [4.78, 5) is 10.4. The number of hydrazine groups is 1. The van der Waals surface area contributed by atoms with Crippen LogP contribution in [0.4, 0.5) is 0 Å². The van der Waals surface area contributed by atoms with Crippen LogP contribution in [-0.2, 0) is 4.79 Å². The minimum Gasteiger partial charge on any atom is -0.480 e. The monoisotopic (exact) mass is 130 g/mol. The Labute approximate surface area is 53.0 Å². The van der Waals surface area contributed by atoms with Crippen molar-refractivity contribution in [1.29, 1.82) is 0 Å². The lowest BCUT2D eigenvalue weighted by Gasteiger charge is -2.36. The fourth-order valence-electron chi connectivity index (χ4n) is 0.950. The lowest BCUT2D eigenvalue weighted by molar-refractivity contribution is -0.148. The molecule has 0 unspecified atom stereocenters. The number of rotatable bonds is 2. The Morgan fingerprint density at radius 2 is 2.22 bits per heavy atom. The highest BCUT2D eigenvalue weighted by Gasteiger charge is 2.43. The molecule has 1 saturated carbocycles. The smallest absolute Gasteiger partial charge is 0.325 e. The van der Waals surface area contributed by atoms with E-state index >= 15 is 0 Å². The second kappa shape index (κ2) is 1.97. The Kier molecular flexibility index (Phi) is 1.42. The van der Waals surface area contributed by atoms with Gasteiger partial charge in [0.1, 0.15) is 5.54 Å². The first-order chi connectivity index (χ1) is 4.21. The van der Waals surface area contributed by atoms with E-state index in [1.807, 2.05) is 0 Å². The molecule has 0 radical (unpaired) electrons. The third-order valence-electron chi connectivity index (χ3n) is 1.89. The maximum Gasteiger partial charge on any atom is 0.325 e. The van der Waals surface area contributed by atoms with E-state index in [0.29, 0.717) is 12.8 Å². The Morgan fingerprint density at radius 3 is 2.22 bits per heavy atom. The Bertz CT molecular complexity index is 125. The van der Waals surface area contributed by atoms with Crippen LogP contribution >= 0.6 is 0 Å². The molecule has 0 aliphatic heterocycles. The predicted octanol–water partition coefficient (Wildman–Crippen LogP) is -0.543. The number of carbonyl (C=O) groups is 1. The summed E-state index contributed by atoms with van der Waals surface area (Å²) in [6, 6.07) is 0. The average Bonchev–Trinajstić information content (AvgIpc) is 1.62. The average molecular weight is 130 g/mol. The molecule has 0 aromatic carbocycles. The zero-order valence-corrected chi connectivity index (χ0v) is 5.05. The zero-order valence-electron chi connectivity index (χ0n) is 5.05. The highest BCUT2D eigenvalue weighted by Crippen LogP contribution is 2.30. The maximum atomic E-state index is 10.4. The molecule has 52 valence electrons. The van der Waals surface area contributed by atoms with Gasteiger partial charge in [0.2, 0.25) is 0 Å². The van der Waals surface area contributed by atoms with Crippen LogP contribution in [0, 0.1) is 0 Å². The van der Waals surface area contributed by atoms with Crippen molar-refractivity contribution in [1.82, 2.24) is 5.43 Å². The second-order valence-corrected chi connectivity index (χ2v) is 2.39. The number of hydrogen-bond acceptors (Lipinski definition) is 3. The maximum absolute atomic E-state index is 10.4. The number of carboxylic acids is 1. The van der Waals surface area contributed by atoms with Gasteiger partial charge in [0, 0.05) is 0 Å². The minimum absolute atomic E-state index is 0.652. The molecule has 1 aliphatic rings. The molecule has 4 nitrogen and oxygen atoms in total. The molecule has 1 fully saturated rings. The highest BCUT2D eigenvalue weighted by atomic mass is 16.4. The van der Waals surface area contributed by atoms with Crippen LogP contribution in [0.15, 0.2) is 0 Å². The molecule has 0 spiro atoms. The van der Waals surface area contributed by atoms with Crippen LogP contribution in [0.3, 0.4) is 0 Å². The summed E-state index contributed by atoms with van der Waals surface area (Å²) in [6.07, 6.45) is 2.26. The van der Waals surface area contributed by atoms with Crippen LogP contribution in [0.1, 0.15) is 19.3 Å². The molecular formula is C5H10N2O2. The summed E-state index contributed by atoms with van der Waals surface area (Å²) in [5.41, 5.74) is 1.52. The lowest BCUT2D eigenvalue weighted by Crippen LogP contribution is -2.59. The number of carboxylic acid groups (broad SMARTS) is 1. The SMILES string of the molecule is NNC1(C(=O)O)CCC1. The Balaban J connectivity index is 2.57. The summed E-state index contributed by atoms with van der Waals surface area (Å²) < 4.78 is 0. The van der Waals surface area contributed by atoms with Gasteiger partial charge in [0.05, 0.1) is 0 Å². The molecule has 1 aliphatic carbocycles.